The SMILES string of the molecule is CC[C@@H]1CC(=O)C(CC(=O)Nc2ccc(C)cc2)=C(O)C1. The molecule has 1 amide bonds. The maximum absolute atomic E-state index is 12.0. The van der Waals surface area contributed by atoms with Crippen LogP contribution in [0.4, 0.5) is 5.69 Å². The average Bonchev–Trinajstić information content (AvgIpc) is 2.45. The lowest BCUT2D eigenvalue weighted by atomic mass is 9.84. The molecule has 2 N–H and O–H groups in total. The van der Waals surface area contributed by atoms with E-state index in [1.54, 1.807) is 0 Å². The van der Waals surface area contributed by atoms with Crippen LogP contribution < -0.4 is 5.32 Å². The lowest BCUT2D eigenvalue weighted by molar-refractivity contribution is -0.120. The number of carbonyl (C=O) groups is 2. The minimum absolute atomic E-state index is 0.0605. The van der Waals surface area contributed by atoms with Gasteiger partial charge in [-0.3, -0.25) is 9.59 Å². The Balaban J connectivity index is 2.02. The molecule has 1 aliphatic carbocycles. The molecule has 4 nitrogen and oxygen atoms in total. The Bertz CT molecular complexity index is 572. The number of aliphatic hydroxyl groups is 1. The number of hydrogen-bond acceptors (Lipinski definition) is 3. The first kappa shape index (κ1) is 15.3. The van der Waals surface area contributed by atoms with Crippen LogP contribution in [0.15, 0.2) is 35.6 Å². The van der Waals surface area contributed by atoms with Crippen molar-refractivity contribution < 1.29 is 14.7 Å². The summed E-state index contributed by atoms with van der Waals surface area (Å²) in [7, 11) is 0. The minimum Gasteiger partial charge on any atom is -0.512 e. The molecule has 0 saturated heterocycles. The van der Waals surface area contributed by atoms with Gasteiger partial charge in [0.25, 0.3) is 0 Å². The van der Waals surface area contributed by atoms with Crippen LogP contribution in [-0.2, 0) is 9.59 Å². The number of benzene rings is 1. The molecular weight excluding hydrogens is 266 g/mol. The highest BCUT2D eigenvalue weighted by molar-refractivity contribution is 6.04. The summed E-state index contributed by atoms with van der Waals surface area (Å²) in [5, 5.41) is 12.7. The molecular formula is C17H21NO3. The quantitative estimate of drug-likeness (QED) is 0.890. The molecule has 21 heavy (non-hydrogen) atoms. The number of allylic oxidation sites excluding steroid dienone is 1. The molecule has 4 heteroatoms. The summed E-state index contributed by atoms with van der Waals surface area (Å²) in [6.07, 6.45) is 1.72. The van der Waals surface area contributed by atoms with E-state index in [2.05, 4.69) is 5.32 Å². The predicted molar refractivity (Wildman–Crippen MR) is 82.1 cm³/mol. The Labute approximate surface area is 124 Å². The van der Waals surface area contributed by atoms with Crippen LogP contribution in [-0.4, -0.2) is 16.8 Å². The van der Waals surface area contributed by atoms with Crippen molar-refractivity contribution in [3.8, 4) is 0 Å². The molecule has 0 fully saturated rings. The third-order valence-corrected chi connectivity index (χ3v) is 3.89. The summed E-state index contributed by atoms with van der Waals surface area (Å²) < 4.78 is 0. The van der Waals surface area contributed by atoms with E-state index < -0.39 is 0 Å². The van der Waals surface area contributed by atoms with E-state index >= 15 is 0 Å². The van der Waals surface area contributed by atoms with Gasteiger partial charge in [-0.2, -0.15) is 0 Å². The first-order chi connectivity index (χ1) is 9.99. The van der Waals surface area contributed by atoms with Crippen molar-refractivity contribution in [3.63, 3.8) is 0 Å². The van der Waals surface area contributed by atoms with Crippen LogP contribution in [0.5, 0.6) is 0 Å². The second-order valence-corrected chi connectivity index (χ2v) is 5.62. The van der Waals surface area contributed by atoms with Crippen molar-refractivity contribution >= 4 is 17.4 Å². The van der Waals surface area contributed by atoms with E-state index in [4.69, 9.17) is 0 Å². The van der Waals surface area contributed by atoms with Gasteiger partial charge in [0.15, 0.2) is 5.78 Å². The van der Waals surface area contributed by atoms with Crippen molar-refractivity contribution in [2.24, 2.45) is 5.92 Å². The van der Waals surface area contributed by atoms with Crippen molar-refractivity contribution in [2.75, 3.05) is 5.32 Å². The number of aryl methyl sites for hydroxylation is 1. The number of amides is 1. The van der Waals surface area contributed by atoms with E-state index in [0.717, 1.165) is 12.0 Å². The van der Waals surface area contributed by atoms with Gasteiger partial charge in [-0.05, 0) is 25.0 Å². The van der Waals surface area contributed by atoms with Gasteiger partial charge < -0.3 is 10.4 Å². The molecule has 0 radical (unpaired) electrons. The monoisotopic (exact) mass is 287 g/mol. The van der Waals surface area contributed by atoms with E-state index in [1.165, 1.54) is 0 Å². The van der Waals surface area contributed by atoms with Gasteiger partial charge in [0.1, 0.15) is 0 Å². The lowest BCUT2D eigenvalue weighted by Crippen LogP contribution is -2.23. The summed E-state index contributed by atoms with van der Waals surface area (Å²) in [5.41, 5.74) is 2.08. The molecule has 0 aliphatic heterocycles. The Hall–Kier alpha value is -2.10. The van der Waals surface area contributed by atoms with Gasteiger partial charge in [0.05, 0.1) is 12.2 Å². The van der Waals surface area contributed by atoms with Crippen LogP contribution >= 0.6 is 0 Å². The van der Waals surface area contributed by atoms with Crippen molar-refractivity contribution in [1.29, 1.82) is 0 Å². The number of anilines is 1. The first-order valence-corrected chi connectivity index (χ1v) is 7.30. The number of carbonyl (C=O) groups excluding carboxylic acids is 2. The third-order valence-electron chi connectivity index (χ3n) is 3.89. The highest BCUT2D eigenvalue weighted by atomic mass is 16.3. The molecule has 0 spiro atoms. The standard InChI is InChI=1S/C17H21NO3/c1-3-12-8-15(19)14(16(20)9-12)10-17(21)18-13-6-4-11(2)5-7-13/h4-7,12,19H,3,8-10H2,1-2H3,(H,18,21)/t12-/m0/s1. The van der Waals surface area contributed by atoms with Gasteiger partial charge in [-0.1, -0.05) is 31.0 Å². The van der Waals surface area contributed by atoms with Gasteiger partial charge >= 0.3 is 0 Å². The van der Waals surface area contributed by atoms with Crippen LogP contribution in [0.3, 0.4) is 0 Å². The second-order valence-electron chi connectivity index (χ2n) is 5.62. The van der Waals surface area contributed by atoms with Gasteiger partial charge in [0, 0.05) is 24.1 Å². The minimum atomic E-state index is -0.274. The molecule has 1 aromatic carbocycles. The van der Waals surface area contributed by atoms with Gasteiger partial charge in [-0.25, -0.2) is 0 Å². The predicted octanol–water partition coefficient (Wildman–Crippen LogP) is 3.52. The molecule has 1 atom stereocenters. The summed E-state index contributed by atoms with van der Waals surface area (Å²) in [6.45, 7) is 3.97. The summed E-state index contributed by atoms with van der Waals surface area (Å²) in [6, 6.07) is 7.45. The zero-order valence-electron chi connectivity index (χ0n) is 12.5. The number of ketones is 1. The van der Waals surface area contributed by atoms with Crippen molar-refractivity contribution in [3.05, 3.63) is 41.2 Å². The van der Waals surface area contributed by atoms with Gasteiger partial charge in [-0.15, -0.1) is 0 Å². The number of nitrogens with one attached hydrogen (secondary N) is 1. The van der Waals surface area contributed by atoms with Gasteiger partial charge in [0.2, 0.25) is 5.91 Å². The van der Waals surface area contributed by atoms with Crippen LogP contribution in [0.25, 0.3) is 0 Å². The largest absolute Gasteiger partial charge is 0.512 e. The maximum atomic E-state index is 12.0. The van der Waals surface area contributed by atoms with Crippen LogP contribution in [0.2, 0.25) is 0 Å². The van der Waals surface area contributed by atoms with E-state index in [0.29, 0.717) is 18.5 Å². The molecule has 0 unspecified atom stereocenters. The molecule has 1 aromatic rings. The van der Waals surface area contributed by atoms with E-state index in [-0.39, 0.29) is 35.4 Å². The van der Waals surface area contributed by atoms with Crippen molar-refractivity contribution in [2.45, 2.75) is 39.5 Å². The molecule has 0 heterocycles. The topological polar surface area (TPSA) is 66.4 Å². The number of aliphatic hydroxyl groups excluding tert-OH is 1. The Morgan fingerprint density at radius 3 is 2.52 bits per heavy atom. The summed E-state index contributed by atoms with van der Waals surface area (Å²) in [4.78, 5) is 24.0. The average molecular weight is 287 g/mol. The second kappa shape index (κ2) is 6.57. The fourth-order valence-corrected chi connectivity index (χ4v) is 2.51. The molecule has 1 aliphatic rings. The number of hydrogen-bond donors (Lipinski definition) is 2. The summed E-state index contributed by atoms with van der Waals surface area (Å²) in [5.74, 6) is -0.105. The van der Waals surface area contributed by atoms with E-state index in [9.17, 15) is 14.7 Å². The molecule has 0 saturated carbocycles. The Morgan fingerprint density at radius 1 is 1.29 bits per heavy atom. The summed E-state index contributed by atoms with van der Waals surface area (Å²) >= 11 is 0. The molecule has 2 rings (SSSR count). The Morgan fingerprint density at radius 2 is 1.95 bits per heavy atom. The van der Waals surface area contributed by atoms with Crippen LogP contribution in [0.1, 0.15) is 38.2 Å². The number of rotatable bonds is 4. The van der Waals surface area contributed by atoms with Crippen LogP contribution in [0, 0.1) is 12.8 Å². The smallest absolute Gasteiger partial charge is 0.229 e. The molecule has 112 valence electrons. The molecule has 0 aromatic heterocycles. The Kier molecular flexibility index (Phi) is 4.78. The fourth-order valence-electron chi connectivity index (χ4n) is 2.51. The fraction of sp³-hybridized carbons (Fsp3) is 0.412. The zero-order chi connectivity index (χ0) is 15.4. The maximum Gasteiger partial charge on any atom is 0.229 e. The lowest BCUT2D eigenvalue weighted by Gasteiger charge is -2.22. The first-order valence-electron chi connectivity index (χ1n) is 7.30. The van der Waals surface area contributed by atoms with Crippen molar-refractivity contribution in [1.82, 2.24) is 0 Å². The number of Topliss-reactive ketones (excluding diaryl/α,β-unsaturated/α-hetero) is 1. The zero-order valence-corrected chi connectivity index (χ0v) is 12.5. The highest BCUT2D eigenvalue weighted by Gasteiger charge is 2.27. The third kappa shape index (κ3) is 3.94. The normalized spacial score (nSPS) is 18.8. The molecule has 0 bridgehead atoms. The highest BCUT2D eigenvalue weighted by Crippen LogP contribution is 2.29. The van der Waals surface area contributed by atoms with E-state index in [1.807, 2.05) is 38.1 Å².